The van der Waals surface area contributed by atoms with Gasteiger partial charge in [-0.3, -0.25) is 0 Å². The quantitative estimate of drug-likeness (QED) is 0.623. The summed E-state index contributed by atoms with van der Waals surface area (Å²) in [6.45, 7) is 0. The maximum Gasteiger partial charge on any atom is 0.130 e. The van der Waals surface area contributed by atoms with Crippen molar-refractivity contribution in [3.8, 4) is 45.3 Å². The fraction of sp³-hybridized carbons (Fsp3) is 0.182. The van der Waals surface area contributed by atoms with Crippen LogP contribution in [0.1, 0.15) is 0 Å². The lowest BCUT2D eigenvalue weighted by molar-refractivity contribution is 0.395. The van der Waals surface area contributed by atoms with Crippen LogP contribution in [-0.4, -0.2) is 28.4 Å². The zero-order valence-corrected chi connectivity index (χ0v) is 15.4. The van der Waals surface area contributed by atoms with Crippen LogP contribution in [0.15, 0.2) is 60.7 Å². The highest BCUT2D eigenvalue weighted by Crippen LogP contribution is 2.42. The first-order valence-corrected chi connectivity index (χ1v) is 8.25. The molecule has 4 nitrogen and oxygen atoms in total. The largest absolute Gasteiger partial charge is 0.497 e. The Kier molecular flexibility index (Phi) is 5.32. The average Bonchev–Trinajstić information content (AvgIpc) is 2.72. The smallest absolute Gasteiger partial charge is 0.130 e. The fourth-order valence-corrected chi connectivity index (χ4v) is 2.99. The monoisotopic (exact) mass is 350 g/mol. The second kappa shape index (κ2) is 7.83. The molecule has 26 heavy (non-hydrogen) atoms. The van der Waals surface area contributed by atoms with Crippen molar-refractivity contribution in [2.24, 2.45) is 0 Å². The van der Waals surface area contributed by atoms with Crippen molar-refractivity contribution in [1.29, 1.82) is 0 Å². The lowest BCUT2D eigenvalue weighted by atomic mass is 9.93. The second-order valence-electron chi connectivity index (χ2n) is 5.68. The van der Waals surface area contributed by atoms with Gasteiger partial charge in [-0.2, -0.15) is 0 Å². The Labute approximate surface area is 153 Å². The molecule has 3 rings (SSSR count). The predicted molar refractivity (Wildman–Crippen MR) is 104 cm³/mol. The summed E-state index contributed by atoms with van der Waals surface area (Å²) in [5, 5.41) is 0. The summed E-state index contributed by atoms with van der Waals surface area (Å²) in [4.78, 5) is 0. The van der Waals surface area contributed by atoms with E-state index in [-0.39, 0.29) is 0 Å². The Morgan fingerprint density at radius 2 is 0.885 bits per heavy atom. The van der Waals surface area contributed by atoms with Gasteiger partial charge >= 0.3 is 0 Å². The van der Waals surface area contributed by atoms with Gasteiger partial charge in [-0.25, -0.2) is 0 Å². The summed E-state index contributed by atoms with van der Waals surface area (Å²) < 4.78 is 21.8. The molecule has 3 aromatic rings. The van der Waals surface area contributed by atoms with E-state index in [4.69, 9.17) is 18.9 Å². The maximum atomic E-state index is 5.59. The lowest BCUT2D eigenvalue weighted by Gasteiger charge is -2.16. The van der Waals surface area contributed by atoms with Gasteiger partial charge in [-0.1, -0.05) is 24.3 Å². The van der Waals surface area contributed by atoms with E-state index in [9.17, 15) is 0 Å². The first-order chi connectivity index (χ1) is 12.7. The molecule has 0 heterocycles. The van der Waals surface area contributed by atoms with E-state index in [1.807, 2.05) is 48.5 Å². The summed E-state index contributed by atoms with van der Waals surface area (Å²) >= 11 is 0. The molecule has 0 aromatic heterocycles. The number of rotatable bonds is 6. The van der Waals surface area contributed by atoms with E-state index < -0.39 is 0 Å². The van der Waals surface area contributed by atoms with E-state index in [2.05, 4.69) is 12.1 Å². The van der Waals surface area contributed by atoms with Crippen LogP contribution < -0.4 is 18.9 Å². The third-order valence-electron chi connectivity index (χ3n) is 4.32. The predicted octanol–water partition coefficient (Wildman–Crippen LogP) is 5.06. The number of hydrogen-bond acceptors (Lipinski definition) is 4. The molecule has 0 aliphatic carbocycles. The minimum atomic E-state index is 0.754. The van der Waals surface area contributed by atoms with Crippen molar-refractivity contribution in [2.45, 2.75) is 0 Å². The van der Waals surface area contributed by atoms with Crippen LogP contribution in [0, 0.1) is 0 Å². The lowest BCUT2D eigenvalue weighted by Crippen LogP contribution is -1.94. The van der Waals surface area contributed by atoms with Crippen molar-refractivity contribution < 1.29 is 18.9 Å². The summed E-state index contributed by atoms with van der Waals surface area (Å²) in [5.41, 5.74) is 4.08. The van der Waals surface area contributed by atoms with E-state index in [0.29, 0.717) is 0 Å². The molecule has 134 valence electrons. The Bertz CT molecular complexity index is 828. The summed E-state index contributed by atoms with van der Waals surface area (Å²) in [6.07, 6.45) is 0. The molecule has 0 aliphatic rings. The number of methoxy groups -OCH3 is 4. The van der Waals surface area contributed by atoms with Crippen LogP contribution in [0.5, 0.6) is 23.0 Å². The molecular formula is C22H22O4. The highest BCUT2D eigenvalue weighted by atomic mass is 16.5. The molecule has 0 bridgehead atoms. The molecule has 0 atom stereocenters. The van der Waals surface area contributed by atoms with Gasteiger partial charge in [0.05, 0.1) is 28.4 Å². The van der Waals surface area contributed by atoms with Gasteiger partial charge in [0.25, 0.3) is 0 Å². The molecule has 0 aliphatic heterocycles. The van der Waals surface area contributed by atoms with Crippen molar-refractivity contribution in [1.82, 2.24) is 0 Å². The van der Waals surface area contributed by atoms with Gasteiger partial charge < -0.3 is 18.9 Å². The van der Waals surface area contributed by atoms with E-state index in [1.165, 1.54) is 0 Å². The third kappa shape index (κ3) is 3.31. The highest BCUT2D eigenvalue weighted by Gasteiger charge is 2.15. The van der Waals surface area contributed by atoms with Crippen LogP contribution in [0.25, 0.3) is 22.3 Å². The Balaban J connectivity index is 2.19. The minimum Gasteiger partial charge on any atom is -0.497 e. The molecule has 0 saturated heterocycles. The molecular weight excluding hydrogens is 328 g/mol. The SMILES string of the molecule is COc1ccc(-c2ccccc2-c2ccc(OC)cc2OC)c(OC)c1. The molecule has 4 heteroatoms. The molecule has 0 amide bonds. The second-order valence-corrected chi connectivity index (χ2v) is 5.68. The molecule has 0 radical (unpaired) electrons. The van der Waals surface area contributed by atoms with Crippen LogP contribution in [-0.2, 0) is 0 Å². The summed E-state index contributed by atoms with van der Waals surface area (Å²) in [7, 11) is 6.61. The molecule has 3 aromatic carbocycles. The normalized spacial score (nSPS) is 10.3. The van der Waals surface area contributed by atoms with Crippen LogP contribution >= 0.6 is 0 Å². The van der Waals surface area contributed by atoms with Gasteiger partial charge in [0.15, 0.2) is 0 Å². The first-order valence-electron chi connectivity index (χ1n) is 8.25. The maximum absolute atomic E-state index is 5.59. The van der Waals surface area contributed by atoms with Crippen LogP contribution in [0.4, 0.5) is 0 Å². The Morgan fingerprint density at radius 3 is 1.23 bits per heavy atom. The van der Waals surface area contributed by atoms with Gasteiger partial charge in [0.2, 0.25) is 0 Å². The van der Waals surface area contributed by atoms with Gasteiger partial charge in [0.1, 0.15) is 23.0 Å². The third-order valence-corrected chi connectivity index (χ3v) is 4.32. The topological polar surface area (TPSA) is 36.9 Å². The fourth-order valence-electron chi connectivity index (χ4n) is 2.99. The standard InChI is InChI=1S/C22H22O4/c1-23-15-9-11-19(21(13-15)25-3)17-7-5-6-8-18(17)20-12-10-16(24-2)14-22(20)26-4/h5-14H,1-4H3. The van der Waals surface area contributed by atoms with Gasteiger partial charge in [0, 0.05) is 23.3 Å². The van der Waals surface area contributed by atoms with Gasteiger partial charge in [-0.15, -0.1) is 0 Å². The van der Waals surface area contributed by atoms with Crippen molar-refractivity contribution in [3.63, 3.8) is 0 Å². The molecule has 0 N–H and O–H groups in total. The minimum absolute atomic E-state index is 0.754. The molecule has 0 spiro atoms. The number of benzene rings is 3. The first kappa shape index (κ1) is 17.7. The molecule has 0 unspecified atom stereocenters. The number of ether oxygens (including phenoxy) is 4. The van der Waals surface area contributed by atoms with Gasteiger partial charge in [-0.05, 0) is 35.4 Å². The average molecular weight is 350 g/mol. The van der Waals surface area contributed by atoms with E-state index in [1.54, 1.807) is 28.4 Å². The van der Waals surface area contributed by atoms with Crippen LogP contribution in [0.2, 0.25) is 0 Å². The van der Waals surface area contributed by atoms with Crippen LogP contribution in [0.3, 0.4) is 0 Å². The van der Waals surface area contributed by atoms with E-state index >= 15 is 0 Å². The summed E-state index contributed by atoms with van der Waals surface area (Å²) in [5.74, 6) is 3.02. The zero-order chi connectivity index (χ0) is 18.5. The Morgan fingerprint density at radius 1 is 0.462 bits per heavy atom. The highest BCUT2D eigenvalue weighted by molar-refractivity contribution is 5.88. The van der Waals surface area contributed by atoms with Crippen molar-refractivity contribution >= 4 is 0 Å². The Hall–Kier alpha value is -3.14. The summed E-state index contributed by atoms with van der Waals surface area (Å²) in [6, 6.07) is 19.8. The van der Waals surface area contributed by atoms with E-state index in [0.717, 1.165) is 45.3 Å². The van der Waals surface area contributed by atoms with Crippen molar-refractivity contribution in [3.05, 3.63) is 60.7 Å². The zero-order valence-electron chi connectivity index (χ0n) is 15.4. The molecule has 0 fully saturated rings. The van der Waals surface area contributed by atoms with Crippen molar-refractivity contribution in [2.75, 3.05) is 28.4 Å². The molecule has 0 saturated carbocycles. The number of hydrogen-bond donors (Lipinski definition) is 0.